The quantitative estimate of drug-likeness (QED) is 0.725. The van der Waals surface area contributed by atoms with Crippen molar-refractivity contribution in [2.75, 3.05) is 19.0 Å². The smallest absolute Gasteiger partial charge is 0.256 e. The molecule has 1 amide bonds. The summed E-state index contributed by atoms with van der Waals surface area (Å²) < 4.78 is 11.2. The number of ether oxygens (including phenoxy) is 2. The number of benzene rings is 1. The average Bonchev–Trinajstić information content (AvgIpc) is 2.51. The van der Waals surface area contributed by atoms with Crippen LogP contribution in [0.25, 0.3) is 0 Å². The van der Waals surface area contributed by atoms with Gasteiger partial charge in [-0.1, -0.05) is 33.6 Å². The second-order valence-electron chi connectivity index (χ2n) is 6.68. The highest BCUT2D eigenvalue weighted by Gasteiger charge is 2.32. The molecule has 0 fully saturated rings. The molecule has 1 aromatic carbocycles. The maximum absolute atomic E-state index is 12.5. The van der Waals surface area contributed by atoms with E-state index in [0.717, 1.165) is 29.8 Å². The molecule has 1 atom stereocenters. The molecule has 0 bridgehead atoms. The van der Waals surface area contributed by atoms with Crippen LogP contribution in [0.15, 0.2) is 18.2 Å². The minimum atomic E-state index is -0.795. The Balaban J connectivity index is 2.76. The van der Waals surface area contributed by atoms with Crippen molar-refractivity contribution in [3.05, 3.63) is 23.8 Å². The van der Waals surface area contributed by atoms with Gasteiger partial charge in [0.2, 0.25) is 0 Å². The SMILES string of the molecule is CCCC[C@](C)(OC)C(=O)Nc1ccc(OCC(C)C)c(C)c1. The van der Waals surface area contributed by atoms with E-state index in [1.54, 1.807) is 7.11 Å². The number of hydrogen-bond donors (Lipinski definition) is 1. The predicted octanol–water partition coefficient (Wildman–Crippen LogP) is 4.56. The van der Waals surface area contributed by atoms with E-state index >= 15 is 0 Å². The Morgan fingerprint density at radius 2 is 2.04 bits per heavy atom. The first-order valence-electron chi connectivity index (χ1n) is 8.42. The summed E-state index contributed by atoms with van der Waals surface area (Å²) >= 11 is 0. The molecule has 130 valence electrons. The van der Waals surface area contributed by atoms with Crippen LogP contribution in [0, 0.1) is 12.8 Å². The van der Waals surface area contributed by atoms with Crippen LogP contribution in [0.2, 0.25) is 0 Å². The van der Waals surface area contributed by atoms with Crippen molar-refractivity contribution >= 4 is 11.6 Å². The molecule has 0 radical (unpaired) electrons. The van der Waals surface area contributed by atoms with Crippen LogP contribution in [0.5, 0.6) is 5.75 Å². The van der Waals surface area contributed by atoms with Gasteiger partial charge in [-0.05, 0) is 49.9 Å². The lowest BCUT2D eigenvalue weighted by Crippen LogP contribution is -2.41. The van der Waals surface area contributed by atoms with Gasteiger partial charge in [0.15, 0.2) is 0 Å². The standard InChI is InChI=1S/C19H31NO3/c1-7-8-11-19(5,22-6)18(21)20-16-9-10-17(15(4)12-16)23-13-14(2)3/h9-10,12,14H,7-8,11,13H2,1-6H3,(H,20,21)/t19-/m0/s1. The molecule has 0 aliphatic heterocycles. The number of anilines is 1. The van der Waals surface area contributed by atoms with Crippen molar-refractivity contribution in [1.82, 2.24) is 0 Å². The van der Waals surface area contributed by atoms with Crippen molar-refractivity contribution in [3.63, 3.8) is 0 Å². The fourth-order valence-corrected chi connectivity index (χ4v) is 2.23. The van der Waals surface area contributed by atoms with Gasteiger partial charge in [0.25, 0.3) is 5.91 Å². The normalized spacial score (nSPS) is 13.7. The topological polar surface area (TPSA) is 47.6 Å². The van der Waals surface area contributed by atoms with E-state index in [1.165, 1.54) is 0 Å². The number of methoxy groups -OCH3 is 1. The number of carbonyl (C=O) groups excluding carboxylic acids is 1. The van der Waals surface area contributed by atoms with Crippen LogP contribution in [-0.4, -0.2) is 25.2 Å². The molecule has 0 saturated heterocycles. The van der Waals surface area contributed by atoms with Crippen molar-refractivity contribution in [2.24, 2.45) is 5.92 Å². The van der Waals surface area contributed by atoms with Gasteiger partial charge in [-0.25, -0.2) is 0 Å². The molecule has 23 heavy (non-hydrogen) atoms. The first kappa shape index (κ1) is 19.5. The lowest BCUT2D eigenvalue weighted by atomic mass is 9.97. The van der Waals surface area contributed by atoms with Crippen molar-refractivity contribution < 1.29 is 14.3 Å². The van der Waals surface area contributed by atoms with E-state index in [4.69, 9.17) is 9.47 Å². The number of hydrogen-bond acceptors (Lipinski definition) is 3. The van der Waals surface area contributed by atoms with Gasteiger partial charge >= 0.3 is 0 Å². The Labute approximate surface area is 140 Å². The minimum Gasteiger partial charge on any atom is -0.493 e. The first-order valence-corrected chi connectivity index (χ1v) is 8.42. The highest BCUT2D eigenvalue weighted by Crippen LogP contribution is 2.25. The zero-order chi connectivity index (χ0) is 17.5. The van der Waals surface area contributed by atoms with Crippen molar-refractivity contribution in [2.45, 2.75) is 59.5 Å². The maximum Gasteiger partial charge on any atom is 0.256 e. The van der Waals surface area contributed by atoms with Gasteiger partial charge in [0.1, 0.15) is 11.4 Å². The van der Waals surface area contributed by atoms with E-state index in [9.17, 15) is 4.79 Å². The summed E-state index contributed by atoms with van der Waals surface area (Å²) in [6, 6.07) is 5.71. The predicted molar refractivity (Wildman–Crippen MR) is 95.1 cm³/mol. The number of carbonyl (C=O) groups is 1. The van der Waals surface area contributed by atoms with E-state index in [0.29, 0.717) is 18.9 Å². The third kappa shape index (κ3) is 5.87. The molecule has 0 heterocycles. The summed E-state index contributed by atoms with van der Waals surface area (Å²) in [6.07, 6.45) is 2.70. The Bertz CT molecular complexity index is 513. The molecule has 1 aromatic rings. The maximum atomic E-state index is 12.5. The Morgan fingerprint density at radius 1 is 1.35 bits per heavy atom. The number of rotatable bonds is 9. The van der Waals surface area contributed by atoms with Crippen LogP contribution in [0.4, 0.5) is 5.69 Å². The van der Waals surface area contributed by atoms with Gasteiger partial charge in [0, 0.05) is 12.8 Å². The monoisotopic (exact) mass is 321 g/mol. The molecule has 1 rings (SSSR count). The third-order valence-electron chi connectivity index (χ3n) is 3.94. The second-order valence-corrected chi connectivity index (χ2v) is 6.68. The number of amides is 1. The molecule has 0 aromatic heterocycles. The molecule has 4 nitrogen and oxygen atoms in total. The molecule has 4 heteroatoms. The molecule has 0 aliphatic rings. The first-order chi connectivity index (χ1) is 10.8. The highest BCUT2D eigenvalue weighted by molar-refractivity contribution is 5.97. The summed E-state index contributed by atoms with van der Waals surface area (Å²) in [5, 5.41) is 2.96. The number of unbranched alkanes of at least 4 members (excludes halogenated alkanes) is 1. The zero-order valence-electron chi connectivity index (χ0n) is 15.4. The fourth-order valence-electron chi connectivity index (χ4n) is 2.23. The second kappa shape index (κ2) is 8.92. The molecule has 0 unspecified atom stereocenters. The third-order valence-corrected chi connectivity index (χ3v) is 3.94. The van der Waals surface area contributed by atoms with Crippen LogP contribution >= 0.6 is 0 Å². The molecule has 0 spiro atoms. The van der Waals surface area contributed by atoms with Gasteiger partial charge in [-0.15, -0.1) is 0 Å². The van der Waals surface area contributed by atoms with Gasteiger partial charge in [0.05, 0.1) is 6.61 Å². The van der Waals surface area contributed by atoms with Crippen LogP contribution in [0.3, 0.4) is 0 Å². The fraction of sp³-hybridized carbons (Fsp3) is 0.632. The highest BCUT2D eigenvalue weighted by atomic mass is 16.5. The molecular weight excluding hydrogens is 290 g/mol. The molecule has 1 N–H and O–H groups in total. The van der Waals surface area contributed by atoms with Crippen molar-refractivity contribution in [1.29, 1.82) is 0 Å². The van der Waals surface area contributed by atoms with Gasteiger partial charge in [-0.3, -0.25) is 4.79 Å². The largest absolute Gasteiger partial charge is 0.493 e. The lowest BCUT2D eigenvalue weighted by Gasteiger charge is -2.27. The average molecular weight is 321 g/mol. The minimum absolute atomic E-state index is 0.108. The van der Waals surface area contributed by atoms with E-state index in [-0.39, 0.29) is 5.91 Å². The van der Waals surface area contributed by atoms with Crippen LogP contribution in [0.1, 0.15) is 52.5 Å². The number of aryl methyl sites for hydroxylation is 1. The van der Waals surface area contributed by atoms with Crippen LogP contribution < -0.4 is 10.1 Å². The molecular formula is C19H31NO3. The van der Waals surface area contributed by atoms with E-state index in [1.807, 2.05) is 32.0 Å². The summed E-state index contributed by atoms with van der Waals surface area (Å²) in [5.41, 5.74) is 0.983. The summed E-state index contributed by atoms with van der Waals surface area (Å²) in [7, 11) is 1.59. The Morgan fingerprint density at radius 3 is 2.57 bits per heavy atom. The van der Waals surface area contributed by atoms with Gasteiger partial charge in [-0.2, -0.15) is 0 Å². The molecule has 0 saturated carbocycles. The Kier molecular flexibility index (Phi) is 7.56. The zero-order valence-corrected chi connectivity index (χ0v) is 15.4. The summed E-state index contributed by atoms with van der Waals surface area (Å²) in [4.78, 5) is 12.5. The lowest BCUT2D eigenvalue weighted by molar-refractivity contribution is -0.136. The van der Waals surface area contributed by atoms with Crippen LogP contribution in [-0.2, 0) is 9.53 Å². The Hall–Kier alpha value is -1.55. The van der Waals surface area contributed by atoms with E-state index in [2.05, 4.69) is 26.1 Å². The van der Waals surface area contributed by atoms with Gasteiger partial charge < -0.3 is 14.8 Å². The number of nitrogens with one attached hydrogen (secondary N) is 1. The summed E-state index contributed by atoms with van der Waals surface area (Å²) in [6.45, 7) is 10.8. The summed E-state index contributed by atoms with van der Waals surface area (Å²) in [5.74, 6) is 1.23. The van der Waals surface area contributed by atoms with Crippen molar-refractivity contribution in [3.8, 4) is 5.75 Å². The molecule has 0 aliphatic carbocycles. The van der Waals surface area contributed by atoms with E-state index < -0.39 is 5.60 Å².